The molecule has 3 aromatic carbocycles. The SMILES string of the molecule is CC(C)c1ccc(N=c2scc(-c3ccccc3Br)n2N=Cc2cc3c(cc2[N+](=O)[O-])OCO3)cc1. The first kappa shape index (κ1) is 24.0. The highest BCUT2D eigenvalue weighted by Crippen LogP contribution is 2.37. The summed E-state index contributed by atoms with van der Waals surface area (Å²) < 4.78 is 13.3. The van der Waals surface area contributed by atoms with E-state index in [-0.39, 0.29) is 12.5 Å². The molecule has 0 aliphatic carbocycles. The summed E-state index contributed by atoms with van der Waals surface area (Å²) in [6.07, 6.45) is 1.45. The Bertz CT molecular complexity index is 1540. The highest BCUT2D eigenvalue weighted by atomic mass is 79.9. The Balaban J connectivity index is 1.64. The van der Waals surface area contributed by atoms with E-state index >= 15 is 0 Å². The summed E-state index contributed by atoms with van der Waals surface area (Å²) >= 11 is 5.05. The molecule has 0 bridgehead atoms. The lowest BCUT2D eigenvalue weighted by Gasteiger charge is -2.07. The van der Waals surface area contributed by atoms with Gasteiger partial charge >= 0.3 is 0 Å². The lowest BCUT2D eigenvalue weighted by atomic mass is 10.0. The second-order valence-corrected chi connectivity index (χ2v) is 10.0. The van der Waals surface area contributed by atoms with E-state index in [1.54, 1.807) is 10.7 Å². The van der Waals surface area contributed by atoms with Crippen molar-refractivity contribution in [3.63, 3.8) is 0 Å². The largest absolute Gasteiger partial charge is 0.454 e. The summed E-state index contributed by atoms with van der Waals surface area (Å²) in [7, 11) is 0. The molecular weight excluding hydrogens is 544 g/mol. The summed E-state index contributed by atoms with van der Waals surface area (Å²) in [5, 5.41) is 18.3. The van der Waals surface area contributed by atoms with Crippen molar-refractivity contribution in [3.8, 4) is 22.8 Å². The van der Waals surface area contributed by atoms with Crippen LogP contribution in [0.4, 0.5) is 11.4 Å². The van der Waals surface area contributed by atoms with Crippen molar-refractivity contribution in [2.24, 2.45) is 10.1 Å². The Morgan fingerprint density at radius 3 is 2.53 bits per heavy atom. The third-order valence-corrected chi connectivity index (χ3v) is 7.16. The molecule has 0 saturated carbocycles. The third kappa shape index (κ3) is 4.82. The van der Waals surface area contributed by atoms with Crippen LogP contribution in [0.1, 0.15) is 30.9 Å². The average Bonchev–Trinajstić information content (AvgIpc) is 3.49. The van der Waals surface area contributed by atoms with Gasteiger partial charge in [0.1, 0.15) is 0 Å². The van der Waals surface area contributed by atoms with Gasteiger partial charge in [0, 0.05) is 15.4 Å². The number of hydrogen-bond donors (Lipinski definition) is 0. The molecular formula is C26H21BrN4O4S. The first-order chi connectivity index (χ1) is 17.4. The van der Waals surface area contributed by atoms with Gasteiger partial charge in [-0.2, -0.15) is 5.10 Å². The number of halogens is 1. The summed E-state index contributed by atoms with van der Waals surface area (Å²) in [4.78, 5) is 16.7. The predicted octanol–water partition coefficient (Wildman–Crippen LogP) is 6.85. The van der Waals surface area contributed by atoms with Crippen LogP contribution in [-0.4, -0.2) is 22.6 Å². The number of fused-ring (bicyclic) bond motifs is 1. The van der Waals surface area contributed by atoms with E-state index in [2.05, 4.69) is 47.0 Å². The van der Waals surface area contributed by atoms with Crippen molar-refractivity contribution in [1.29, 1.82) is 0 Å². The van der Waals surface area contributed by atoms with E-state index in [1.165, 1.54) is 29.2 Å². The number of ether oxygens (including phenoxy) is 2. The van der Waals surface area contributed by atoms with Crippen molar-refractivity contribution in [3.05, 3.63) is 96.6 Å². The zero-order valence-electron chi connectivity index (χ0n) is 19.4. The standard InChI is InChI=1S/C26H21BrN4O4S/c1-16(2)17-7-9-19(10-8-17)29-26-30(23(14-36-26)20-5-3-4-6-21(20)27)28-13-18-11-24-25(35-15-34-24)12-22(18)31(32)33/h3-14,16H,15H2,1-2H3. The normalized spacial score (nSPS) is 13.2. The molecule has 1 aliphatic heterocycles. The first-order valence-electron chi connectivity index (χ1n) is 11.1. The van der Waals surface area contributed by atoms with E-state index < -0.39 is 4.92 Å². The number of hydrogen-bond acceptors (Lipinski definition) is 7. The third-order valence-electron chi connectivity index (χ3n) is 5.65. The minimum Gasteiger partial charge on any atom is -0.454 e. The van der Waals surface area contributed by atoms with Crippen LogP contribution in [0.2, 0.25) is 0 Å². The quantitative estimate of drug-likeness (QED) is 0.145. The highest BCUT2D eigenvalue weighted by Gasteiger charge is 2.22. The fourth-order valence-electron chi connectivity index (χ4n) is 3.72. The Hall–Kier alpha value is -3.76. The molecule has 0 radical (unpaired) electrons. The van der Waals surface area contributed by atoms with Gasteiger partial charge in [0.05, 0.1) is 34.1 Å². The maximum Gasteiger partial charge on any atom is 0.282 e. The van der Waals surface area contributed by atoms with Gasteiger partial charge in [-0.05, 0) is 35.7 Å². The zero-order valence-corrected chi connectivity index (χ0v) is 21.8. The van der Waals surface area contributed by atoms with Gasteiger partial charge in [0.15, 0.2) is 11.5 Å². The number of benzene rings is 3. The first-order valence-corrected chi connectivity index (χ1v) is 12.8. The van der Waals surface area contributed by atoms with Crippen LogP contribution >= 0.6 is 27.3 Å². The van der Waals surface area contributed by atoms with Crippen molar-refractivity contribution >= 4 is 44.9 Å². The number of nitrogens with zero attached hydrogens (tertiary/aromatic N) is 4. The molecule has 5 rings (SSSR count). The van der Waals surface area contributed by atoms with Gasteiger partial charge in [-0.3, -0.25) is 10.1 Å². The second kappa shape index (κ2) is 10.1. The van der Waals surface area contributed by atoms with Crippen LogP contribution in [0.15, 0.2) is 80.6 Å². The summed E-state index contributed by atoms with van der Waals surface area (Å²) in [5.74, 6) is 1.21. The van der Waals surface area contributed by atoms with E-state index in [9.17, 15) is 10.1 Å². The molecule has 10 heteroatoms. The Kier molecular flexibility index (Phi) is 6.71. The molecule has 36 heavy (non-hydrogen) atoms. The van der Waals surface area contributed by atoms with Crippen LogP contribution in [0.25, 0.3) is 11.3 Å². The monoisotopic (exact) mass is 564 g/mol. The number of nitro benzene ring substituents is 1. The number of nitro groups is 1. The van der Waals surface area contributed by atoms with E-state index in [0.717, 1.165) is 21.4 Å². The average molecular weight is 565 g/mol. The molecule has 1 aliphatic rings. The van der Waals surface area contributed by atoms with Crippen LogP contribution in [0.3, 0.4) is 0 Å². The van der Waals surface area contributed by atoms with Gasteiger partial charge in [-0.15, -0.1) is 11.3 Å². The smallest absolute Gasteiger partial charge is 0.282 e. The molecule has 182 valence electrons. The molecule has 0 atom stereocenters. The van der Waals surface area contributed by atoms with Crippen LogP contribution in [0.5, 0.6) is 11.5 Å². The Morgan fingerprint density at radius 2 is 1.83 bits per heavy atom. The van der Waals surface area contributed by atoms with Gasteiger partial charge in [0.2, 0.25) is 11.6 Å². The fourth-order valence-corrected chi connectivity index (χ4v) is 5.05. The Morgan fingerprint density at radius 1 is 1.11 bits per heavy atom. The topological polar surface area (TPSA) is 91.2 Å². The lowest BCUT2D eigenvalue weighted by molar-refractivity contribution is -0.385. The minimum atomic E-state index is -0.460. The maximum absolute atomic E-state index is 11.7. The number of thiazole rings is 1. The number of aromatic nitrogens is 1. The van der Waals surface area contributed by atoms with Gasteiger partial charge in [0.25, 0.3) is 5.69 Å². The molecule has 0 fully saturated rings. The van der Waals surface area contributed by atoms with Gasteiger partial charge in [-0.25, -0.2) is 9.67 Å². The van der Waals surface area contributed by atoms with Crippen LogP contribution in [0, 0.1) is 10.1 Å². The Labute approximate surface area is 219 Å². The van der Waals surface area contributed by atoms with E-state index in [4.69, 9.17) is 14.5 Å². The van der Waals surface area contributed by atoms with E-state index in [0.29, 0.717) is 27.8 Å². The minimum absolute atomic E-state index is 0.0250. The highest BCUT2D eigenvalue weighted by molar-refractivity contribution is 9.10. The molecule has 1 aromatic heterocycles. The molecule has 4 aromatic rings. The molecule has 0 N–H and O–H groups in total. The molecule has 0 spiro atoms. The molecule has 0 saturated heterocycles. The van der Waals surface area contributed by atoms with Crippen LogP contribution < -0.4 is 14.3 Å². The van der Waals surface area contributed by atoms with Gasteiger partial charge < -0.3 is 9.47 Å². The summed E-state index contributed by atoms with van der Waals surface area (Å²) in [6.45, 7) is 4.32. The predicted molar refractivity (Wildman–Crippen MR) is 143 cm³/mol. The van der Waals surface area contributed by atoms with Crippen molar-refractivity contribution in [1.82, 2.24) is 4.68 Å². The van der Waals surface area contributed by atoms with Crippen molar-refractivity contribution in [2.75, 3.05) is 6.79 Å². The maximum atomic E-state index is 11.7. The fraction of sp³-hybridized carbons (Fsp3) is 0.154. The summed E-state index contributed by atoms with van der Waals surface area (Å²) in [5.41, 5.74) is 3.91. The lowest BCUT2D eigenvalue weighted by Crippen LogP contribution is -2.12. The van der Waals surface area contributed by atoms with Crippen molar-refractivity contribution in [2.45, 2.75) is 19.8 Å². The van der Waals surface area contributed by atoms with Crippen molar-refractivity contribution < 1.29 is 14.4 Å². The van der Waals surface area contributed by atoms with Gasteiger partial charge in [-0.1, -0.05) is 60.1 Å². The zero-order chi connectivity index (χ0) is 25.2. The van der Waals surface area contributed by atoms with Crippen LogP contribution in [-0.2, 0) is 0 Å². The van der Waals surface area contributed by atoms with E-state index in [1.807, 2.05) is 41.8 Å². The molecule has 8 nitrogen and oxygen atoms in total. The second-order valence-electron chi connectivity index (χ2n) is 8.32. The molecule has 0 unspecified atom stereocenters. The number of rotatable bonds is 6. The summed E-state index contributed by atoms with van der Waals surface area (Å²) in [6, 6.07) is 18.8. The molecule has 0 amide bonds. The molecule has 2 heterocycles.